The van der Waals surface area contributed by atoms with Gasteiger partial charge in [0.1, 0.15) is 0 Å². The molecule has 1 unspecified atom stereocenters. The number of hydrogen-bond acceptors (Lipinski definition) is 4. The van der Waals surface area contributed by atoms with E-state index in [0.29, 0.717) is 16.3 Å². The lowest BCUT2D eigenvalue weighted by atomic mass is 10.2. The molecule has 0 spiro atoms. The molecule has 0 saturated heterocycles. The van der Waals surface area contributed by atoms with Gasteiger partial charge in [-0.15, -0.1) is 12.4 Å². The van der Waals surface area contributed by atoms with Crippen molar-refractivity contribution in [2.75, 3.05) is 7.11 Å². The number of rotatable bonds is 2. The molecular weight excluding hydrogens is 239 g/mol. The van der Waals surface area contributed by atoms with Gasteiger partial charge in [-0.2, -0.15) is 0 Å². The number of hydrogen-bond donors (Lipinski definition) is 1. The largest absolute Gasteiger partial charge is 0.465 e. The molecule has 0 aliphatic heterocycles. The van der Waals surface area contributed by atoms with Crippen molar-refractivity contribution in [1.82, 2.24) is 4.98 Å². The van der Waals surface area contributed by atoms with Gasteiger partial charge in [0.2, 0.25) is 0 Å². The molecule has 2 N–H and O–H groups in total. The van der Waals surface area contributed by atoms with Crippen LogP contribution in [0.25, 0.3) is 0 Å². The van der Waals surface area contributed by atoms with Crippen LogP contribution in [0.2, 0.25) is 5.02 Å². The Hall–Kier alpha value is -0.840. The quantitative estimate of drug-likeness (QED) is 0.816. The highest BCUT2D eigenvalue weighted by molar-refractivity contribution is 6.31. The van der Waals surface area contributed by atoms with Crippen molar-refractivity contribution in [2.45, 2.75) is 13.0 Å². The van der Waals surface area contributed by atoms with Gasteiger partial charge in [0.15, 0.2) is 0 Å². The standard InChI is InChI=1S/C9H11ClN2O2.ClH/c1-5(11)8-7(10)3-6(4-12-8)9(13)14-2;/h3-5H,11H2,1-2H3;1H. The number of esters is 1. The number of carbonyl (C=O) groups excluding carboxylic acids is 1. The van der Waals surface area contributed by atoms with E-state index in [2.05, 4.69) is 9.72 Å². The first kappa shape index (κ1) is 14.2. The van der Waals surface area contributed by atoms with Crippen LogP contribution in [-0.2, 0) is 4.74 Å². The highest BCUT2D eigenvalue weighted by atomic mass is 35.5. The van der Waals surface area contributed by atoms with Gasteiger partial charge >= 0.3 is 5.97 Å². The monoisotopic (exact) mass is 250 g/mol. The average molecular weight is 251 g/mol. The molecule has 84 valence electrons. The van der Waals surface area contributed by atoms with E-state index < -0.39 is 5.97 Å². The average Bonchev–Trinajstić information content (AvgIpc) is 2.15. The Bertz CT molecular complexity index is 356. The van der Waals surface area contributed by atoms with Gasteiger partial charge in [-0.3, -0.25) is 4.98 Å². The maximum atomic E-state index is 11.1. The molecule has 0 radical (unpaired) electrons. The van der Waals surface area contributed by atoms with Crippen molar-refractivity contribution in [3.63, 3.8) is 0 Å². The second-order valence-corrected chi connectivity index (χ2v) is 3.28. The van der Waals surface area contributed by atoms with Crippen LogP contribution in [0.1, 0.15) is 29.0 Å². The summed E-state index contributed by atoms with van der Waals surface area (Å²) in [5.41, 5.74) is 6.50. The summed E-state index contributed by atoms with van der Waals surface area (Å²) in [6, 6.07) is 1.24. The molecule has 0 amide bonds. The Kier molecular flexibility index (Phi) is 5.57. The molecular formula is C9H12Cl2N2O2. The molecule has 0 aliphatic carbocycles. The summed E-state index contributed by atoms with van der Waals surface area (Å²) in [7, 11) is 1.30. The number of nitrogens with zero attached hydrogens (tertiary/aromatic N) is 1. The third-order valence-corrected chi connectivity index (χ3v) is 2.02. The van der Waals surface area contributed by atoms with Crippen molar-refractivity contribution in [1.29, 1.82) is 0 Å². The molecule has 0 bridgehead atoms. The zero-order valence-electron chi connectivity index (χ0n) is 8.36. The fourth-order valence-corrected chi connectivity index (χ4v) is 1.35. The first-order valence-electron chi connectivity index (χ1n) is 4.05. The molecule has 1 aromatic rings. The van der Waals surface area contributed by atoms with E-state index in [4.69, 9.17) is 17.3 Å². The fraction of sp³-hybridized carbons (Fsp3) is 0.333. The lowest BCUT2D eigenvalue weighted by Gasteiger charge is -2.07. The molecule has 15 heavy (non-hydrogen) atoms. The molecule has 0 fully saturated rings. The normalized spacial score (nSPS) is 11.5. The molecule has 6 heteroatoms. The number of aromatic nitrogens is 1. The first-order valence-corrected chi connectivity index (χ1v) is 4.43. The maximum absolute atomic E-state index is 11.1. The third kappa shape index (κ3) is 3.34. The predicted molar refractivity (Wildman–Crippen MR) is 60.4 cm³/mol. The lowest BCUT2D eigenvalue weighted by Crippen LogP contribution is -2.10. The lowest BCUT2D eigenvalue weighted by molar-refractivity contribution is 0.0600. The minimum atomic E-state index is -0.462. The van der Waals surface area contributed by atoms with E-state index in [1.165, 1.54) is 19.4 Å². The van der Waals surface area contributed by atoms with Gasteiger partial charge in [0.05, 0.1) is 23.4 Å². The molecule has 0 saturated carbocycles. The molecule has 1 rings (SSSR count). The molecule has 1 aromatic heterocycles. The van der Waals surface area contributed by atoms with Crippen molar-refractivity contribution in [3.05, 3.63) is 28.5 Å². The second kappa shape index (κ2) is 5.90. The second-order valence-electron chi connectivity index (χ2n) is 2.87. The number of pyridine rings is 1. The highest BCUT2D eigenvalue weighted by Crippen LogP contribution is 2.20. The Labute approximate surface area is 99.2 Å². The fourth-order valence-electron chi connectivity index (χ4n) is 1.01. The van der Waals surface area contributed by atoms with Crippen molar-refractivity contribution in [3.8, 4) is 0 Å². The van der Waals surface area contributed by atoms with Crippen molar-refractivity contribution >= 4 is 30.0 Å². The van der Waals surface area contributed by atoms with Gasteiger partial charge in [-0.05, 0) is 13.0 Å². The van der Waals surface area contributed by atoms with Gasteiger partial charge < -0.3 is 10.5 Å². The van der Waals surface area contributed by atoms with Gasteiger partial charge in [-0.25, -0.2) is 4.79 Å². The van der Waals surface area contributed by atoms with Crippen LogP contribution in [0, 0.1) is 0 Å². The van der Waals surface area contributed by atoms with E-state index >= 15 is 0 Å². The zero-order valence-corrected chi connectivity index (χ0v) is 9.93. The van der Waals surface area contributed by atoms with Gasteiger partial charge in [0.25, 0.3) is 0 Å². The Morgan fingerprint density at radius 3 is 2.67 bits per heavy atom. The summed E-state index contributed by atoms with van der Waals surface area (Å²) in [5.74, 6) is -0.462. The van der Waals surface area contributed by atoms with Crippen LogP contribution in [0.4, 0.5) is 0 Å². The Morgan fingerprint density at radius 1 is 1.67 bits per heavy atom. The van der Waals surface area contributed by atoms with Crippen LogP contribution in [0.3, 0.4) is 0 Å². The van der Waals surface area contributed by atoms with E-state index in [1.807, 2.05) is 0 Å². The van der Waals surface area contributed by atoms with E-state index in [9.17, 15) is 4.79 Å². The minimum Gasteiger partial charge on any atom is -0.465 e. The molecule has 4 nitrogen and oxygen atoms in total. The van der Waals surface area contributed by atoms with E-state index in [1.54, 1.807) is 6.92 Å². The van der Waals surface area contributed by atoms with E-state index in [0.717, 1.165) is 0 Å². The van der Waals surface area contributed by atoms with E-state index in [-0.39, 0.29) is 18.4 Å². The Balaban J connectivity index is 0.00000196. The molecule has 1 atom stereocenters. The van der Waals surface area contributed by atoms with Crippen LogP contribution in [0.15, 0.2) is 12.3 Å². The van der Waals surface area contributed by atoms with Crippen molar-refractivity contribution < 1.29 is 9.53 Å². The van der Waals surface area contributed by atoms with Gasteiger partial charge in [0, 0.05) is 12.2 Å². The molecule has 1 heterocycles. The smallest absolute Gasteiger partial charge is 0.339 e. The summed E-state index contributed by atoms with van der Waals surface area (Å²) in [5, 5.41) is 0.378. The molecule has 0 aliphatic rings. The molecule has 0 aromatic carbocycles. The maximum Gasteiger partial charge on any atom is 0.339 e. The first-order chi connectivity index (χ1) is 6.56. The van der Waals surface area contributed by atoms with Crippen LogP contribution < -0.4 is 5.73 Å². The van der Waals surface area contributed by atoms with Gasteiger partial charge in [-0.1, -0.05) is 11.6 Å². The van der Waals surface area contributed by atoms with Crippen molar-refractivity contribution in [2.24, 2.45) is 5.73 Å². The third-order valence-electron chi connectivity index (χ3n) is 1.72. The number of nitrogens with two attached hydrogens (primary N) is 1. The summed E-state index contributed by atoms with van der Waals surface area (Å²) < 4.78 is 4.52. The summed E-state index contributed by atoms with van der Waals surface area (Å²) in [6.45, 7) is 1.77. The summed E-state index contributed by atoms with van der Waals surface area (Å²) in [4.78, 5) is 15.1. The van der Waals surface area contributed by atoms with Crippen LogP contribution >= 0.6 is 24.0 Å². The summed E-state index contributed by atoms with van der Waals surface area (Å²) >= 11 is 5.88. The summed E-state index contributed by atoms with van der Waals surface area (Å²) in [6.07, 6.45) is 1.40. The zero-order chi connectivity index (χ0) is 10.7. The SMILES string of the molecule is COC(=O)c1cnc(C(C)N)c(Cl)c1.Cl. The highest BCUT2D eigenvalue weighted by Gasteiger charge is 2.11. The minimum absolute atomic E-state index is 0. The van der Waals surface area contributed by atoms with Crippen LogP contribution in [0.5, 0.6) is 0 Å². The number of ether oxygens (including phenoxy) is 1. The topological polar surface area (TPSA) is 65.2 Å². The number of halogens is 2. The number of carbonyl (C=O) groups is 1. The van der Waals surface area contributed by atoms with Crippen LogP contribution in [-0.4, -0.2) is 18.1 Å². The number of methoxy groups -OCH3 is 1. The Morgan fingerprint density at radius 2 is 2.27 bits per heavy atom. The predicted octanol–water partition coefficient (Wildman–Crippen LogP) is 1.96.